The van der Waals surface area contributed by atoms with Crippen molar-refractivity contribution in [3.8, 4) is 0 Å². The number of amides is 1. The third-order valence-corrected chi connectivity index (χ3v) is 4.18. The molecule has 0 bridgehead atoms. The normalized spacial score (nSPS) is 10.8. The van der Waals surface area contributed by atoms with Crippen LogP contribution in [0.25, 0.3) is 10.9 Å². The summed E-state index contributed by atoms with van der Waals surface area (Å²) in [6.07, 6.45) is 2.10. The van der Waals surface area contributed by atoms with E-state index in [1.54, 1.807) is 10.8 Å². The van der Waals surface area contributed by atoms with Crippen molar-refractivity contribution in [2.24, 2.45) is 0 Å². The van der Waals surface area contributed by atoms with Gasteiger partial charge < -0.3 is 5.32 Å². The molecule has 0 saturated carbocycles. The Labute approximate surface area is 141 Å². The predicted octanol–water partition coefficient (Wildman–Crippen LogP) is 4.32. The molecular formula is C20H20N2O2. The zero-order valence-electron chi connectivity index (χ0n) is 13.9. The molecule has 0 radical (unpaired) electrons. The lowest BCUT2D eigenvalue weighted by Crippen LogP contribution is -2.17. The molecule has 0 aliphatic carbocycles. The molecule has 0 saturated heterocycles. The van der Waals surface area contributed by atoms with Gasteiger partial charge in [0.25, 0.3) is 0 Å². The molecule has 122 valence electrons. The molecule has 1 amide bonds. The lowest BCUT2D eigenvalue weighted by Gasteiger charge is -2.11. The van der Waals surface area contributed by atoms with Crippen molar-refractivity contribution < 1.29 is 9.59 Å². The summed E-state index contributed by atoms with van der Waals surface area (Å²) in [5, 5.41) is 3.94. The Hall–Kier alpha value is -2.88. The van der Waals surface area contributed by atoms with Crippen molar-refractivity contribution in [2.75, 3.05) is 5.32 Å². The Morgan fingerprint density at radius 3 is 2.38 bits per heavy atom. The van der Waals surface area contributed by atoms with E-state index in [-0.39, 0.29) is 24.7 Å². The summed E-state index contributed by atoms with van der Waals surface area (Å²) in [5.74, 6) is -0.218. The van der Waals surface area contributed by atoms with Crippen LogP contribution in [0.3, 0.4) is 0 Å². The van der Waals surface area contributed by atoms with E-state index in [1.807, 2.05) is 62.4 Å². The van der Waals surface area contributed by atoms with Crippen LogP contribution in [0, 0.1) is 13.8 Å². The maximum Gasteiger partial charge on any atom is 0.231 e. The van der Waals surface area contributed by atoms with Crippen LogP contribution in [-0.2, 0) is 4.79 Å². The summed E-state index contributed by atoms with van der Waals surface area (Å²) < 4.78 is 1.61. The second kappa shape index (κ2) is 6.71. The number of benzene rings is 2. The van der Waals surface area contributed by atoms with Crippen LogP contribution < -0.4 is 5.32 Å². The second-order valence-corrected chi connectivity index (χ2v) is 5.95. The highest BCUT2D eigenvalue weighted by Gasteiger charge is 2.12. The molecule has 0 spiro atoms. The number of rotatable bonds is 4. The Kier molecular flexibility index (Phi) is 4.47. The summed E-state index contributed by atoms with van der Waals surface area (Å²) in [5.41, 5.74) is 3.75. The predicted molar refractivity (Wildman–Crippen MR) is 96.3 cm³/mol. The van der Waals surface area contributed by atoms with Gasteiger partial charge in [-0.25, -0.2) is 0 Å². The molecule has 0 atom stereocenters. The number of carbonyl (C=O) groups excluding carboxylic acids is 2. The van der Waals surface area contributed by atoms with Crippen molar-refractivity contribution in [2.45, 2.75) is 26.7 Å². The number of carbonyl (C=O) groups is 2. The van der Waals surface area contributed by atoms with E-state index >= 15 is 0 Å². The minimum absolute atomic E-state index is 0.0761. The lowest BCUT2D eigenvalue weighted by molar-refractivity contribution is -0.116. The first-order valence-electron chi connectivity index (χ1n) is 8.01. The summed E-state index contributed by atoms with van der Waals surface area (Å²) in [6, 6.07) is 15.5. The minimum atomic E-state index is -0.141. The van der Waals surface area contributed by atoms with Gasteiger partial charge in [0, 0.05) is 30.1 Å². The van der Waals surface area contributed by atoms with Crippen LogP contribution in [-0.4, -0.2) is 16.4 Å². The Bertz CT molecular complexity index is 889. The van der Waals surface area contributed by atoms with E-state index in [1.165, 1.54) is 0 Å². The van der Waals surface area contributed by atoms with Gasteiger partial charge in [0.05, 0.1) is 5.52 Å². The Morgan fingerprint density at radius 1 is 0.917 bits per heavy atom. The van der Waals surface area contributed by atoms with Gasteiger partial charge in [-0.3, -0.25) is 14.2 Å². The zero-order valence-corrected chi connectivity index (χ0v) is 13.9. The molecule has 0 aliphatic heterocycles. The number of nitrogens with zero attached hydrogens (tertiary/aromatic N) is 1. The largest absolute Gasteiger partial charge is 0.326 e. The molecule has 2 aromatic carbocycles. The summed E-state index contributed by atoms with van der Waals surface area (Å²) in [6.45, 7) is 3.92. The van der Waals surface area contributed by atoms with Crippen molar-refractivity contribution in [3.63, 3.8) is 0 Å². The van der Waals surface area contributed by atoms with Crippen LogP contribution in [0.2, 0.25) is 0 Å². The third kappa shape index (κ3) is 3.23. The molecule has 24 heavy (non-hydrogen) atoms. The van der Waals surface area contributed by atoms with Crippen LogP contribution in [0.1, 0.15) is 28.8 Å². The van der Waals surface area contributed by atoms with Crippen molar-refractivity contribution in [1.29, 1.82) is 0 Å². The van der Waals surface area contributed by atoms with Crippen molar-refractivity contribution >= 4 is 28.4 Å². The maximum absolute atomic E-state index is 12.4. The minimum Gasteiger partial charge on any atom is -0.326 e. The fourth-order valence-electron chi connectivity index (χ4n) is 2.85. The van der Waals surface area contributed by atoms with Crippen LogP contribution in [0.15, 0.2) is 54.7 Å². The van der Waals surface area contributed by atoms with Crippen LogP contribution in [0.5, 0.6) is 0 Å². The fourth-order valence-corrected chi connectivity index (χ4v) is 2.85. The van der Waals surface area contributed by atoms with Gasteiger partial charge in [-0.05, 0) is 37.1 Å². The standard InChI is InChI=1S/C20H20N2O2/c1-14-6-5-7-15(2)20(14)21-18(23)10-11-19(24)22-13-12-16-8-3-4-9-17(16)22/h3-9,12-13H,10-11H2,1-2H3,(H,21,23). The first kappa shape index (κ1) is 16.0. The first-order valence-corrected chi connectivity index (χ1v) is 8.01. The lowest BCUT2D eigenvalue weighted by atomic mass is 10.1. The highest BCUT2D eigenvalue weighted by atomic mass is 16.2. The number of para-hydroxylation sites is 2. The second-order valence-electron chi connectivity index (χ2n) is 5.95. The van der Waals surface area contributed by atoms with Crippen molar-refractivity contribution in [3.05, 3.63) is 65.9 Å². The highest BCUT2D eigenvalue weighted by Crippen LogP contribution is 2.20. The van der Waals surface area contributed by atoms with Gasteiger partial charge in [0.1, 0.15) is 0 Å². The van der Waals surface area contributed by atoms with Gasteiger partial charge >= 0.3 is 0 Å². The van der Waals surface area contributed by atoms with Gasteiger partial charge in [-0.2, -0.15) is 0 Å². The van der Waals surface area contributed by atoms with Gasteiger partial charge in [0.2, 0.25) is 11.8 Å². The van der Waals surface area contributed by atoms with E-state index < -0.39 is 0 Å². The zero-order chi connectivity index (χ0) is 17.1. The maximum atomic E-state index is 12.4. The van der Waals surface area contributed by atoms with Crippen LogP contribution >= 0.6 is 0 Å². The molecule has 1 heterocycles. The van der Waals surface area contributed by atoms with Gasteiger partial charge in [-0.15, -0.1) is 0 Å². The van der Waals surface area contributed by atoms with E-state index in [4.69, 9.17) is 0 Å². The smallest absolute Gasteiger partial charge is 0.231 e. The fraction of sp³-hybridized carbons (Fsp3) is 0.200. The molecule has 1 N–H and O–H groups in total. The number of anilines is 1. The molecule has 3 aromatic rings. The average molecular weight is 320 g/mol. The monoisotopic (exact) mass is 320 g/mol. The molecule has 3 rings (SSSR count). The van der Waals surface area contributed by atoms with E-state index in [2.05, 4.69) is 5.32 Å². The van der Waals surface area contributed by atoms with E-state index in [0.29, 0.717) is 0 Å². The van der Waals surface area contributed by atoms with E-state index in [0.717, 1.165) is 27.7 Å². The van der Waals surface area contributed by atoms with E-state index in [9.17, 15) is 9.59 Å². The number of hydrogen-bond donors (Lipinski definition) is 1. The summed E-state index contributed by atoms with van der Waals surface area (Å²) >= 11 is 0. The molecule has 0 unspecified atom stereocenters. The molecular weight excluding hydrogens is 300 g/mol. The Morgan fingerprint density at radius 2 is 1.62 bits per heavy atom. The topological polar surface area (TPSA) is 51.1 Å². The summed E-state index contributed by atoms with van der Waals surface area (Å²) in [7, 11) is 0. The molecule has 4 nitrogen and oxygen atoms in total. The number of aryl methyl sites for hydroxylation is 2. The average Bonchev–Trinajstić information content (AvgIpc) is 3.00. The van der Waals surface area contributed by atoms with Gasteiger partial charge in [0.15, 0.2) is 0 Å². The number of nitrogens with one attached hydrogen (secondary N) is 1. The molecule has 0 aliphatic rings. The van der Waals surface area contributed by atoms with Gasteiger partial charge in [-0.1, -0.05) is 36.4 Å². The Balaban J connectivity index is 1.65. The number of hydrogen-bond acceptors (Lipinski definition) is 2. The summed E-state index contributed by atoms with van der Waals surface area (Å²) in [4.78, 5) is 24.6. The molecule has 4 heteroatoms. The SMILES string of the molecule is Cc1cccc(C)c1NC(=O)CCC(=O)n1ccc2ccccc21. The molecule has 1 aromatic heterocycles. The highest BCUT2D eigenvalue weighted by molar-refractivity contribution is 5.97. The van der Waals surface area contributed by atoms with Crippen molar-refractivity contribution in [1.82, 2.24) is 4.57 Å². The quantitative estimate of drug-likeness (QED) is 0.778. The first-order chi connectivity index (χ1) is 11.6. The number of aromatic nitrogens is 1. The number of fused-ring (bicyclic) bond motifs is 1. The van der Waals surface area contributed by atoms with Crippen LogP contribution in [0.4, 0.5) is 5.69 Å². The third-order valence-electron chi connectivity index (χ3n) is 4.18. The molecule has 0 fully saturated rings.